The summed E-state index contributed by atoms with van der Waals surface area (Å²) in [5, 5.41) is 0. The second-order valence-corrected chi connectivity index (χ2v) is 3.34. The second-order valence-electron chi connectivity index (χ2n) is 3.34. The third-order valence-electron chi connectivity index (χ3n) is 2.25. The van der Waals surface area contributed by atoms with Crippen LogP contribution in [-0.2, 0) is 19.0 Å². The van der Waals surface area contributed by atoms with Crippen LogP contribution in [0.3, 0.4) is 0 Å². The topological polar surface area (TPSA) is 44.8 Å². The minimum absolute atomic E-state index is 0.236. The van der Waals surface area contributed by atoms with Crippen LogP contribution in [0.5, 0.6) is 0 Å². The summed E-state index contributed by atoms with van der Waals surface area (Å²) in [5.74, 6) is -0.556. The number of carbonyl (C=O) groups excluding carboxylic acids is 1. The summed E-state index contributed by atoms with van der Waals surface area (Å²) in [6.07, 6.45) is 2.24. The molecule has 0 saturated carbocycles. The molecular weight excluding hydrogens is 196 g/mol. The van der Waals surface area contributed by atoms with E-state index in [4.69, 9.17) is 14.2 Å². The molecule has 4 heteroatoms. The van der Waals surface area contributed by atoms with Gasteiger partial charge in [0.05, 0.1) is 6.61 Å². The van der Waals surface area contributed by atoms with Gasteiger partial charge in [0.25, 0.3) is 0 Å². The van der Waals surface area contributed by atoms with Crippen LogP contribution in [0.15, 0.2) is 0 Å². The first kappa shape index (κ1) is 14.4. The summed E-state index contributed by atoms with van der Waals surface area (Å²) >= 11 is 0. The molecule has 0 spiro atoms. The molecule has 0 radical (unpaired) electrons. The average Bonchev–Trinajstić information content (AvgIpc) is 2.24. The third kappa shape index (κ3) is 5.14. The van der Waals surface area contributed by atoms with Gasteiger partial charge in [0.2, 0.25) is 0 Å². The van der Waals surface area contributed by atoms with E-state index in [-0.39, 0.29) is 11.9 Å². The number of esters is 1. The van der Waals surface area contributed by atoms with Crippen LogP contribution in [0.2, 0.25) is 0 Å². The van der Waals surface area contributed by atoms with Crippen molar-refractivity contribution in [1.29, 1.82) is 0 Å². The highest BCUT2D eigenvalue weighted by Gasteiger charge is 2.28. The Morgan fingerprint density at radius 3 is 2.20 bits per heavy atom. The zero-order valence-electron chi connectivity index (χ0n) is 10.1. The molecule has 0 heterocycles. The van der Waals surface area contributed by atoms with Crippen LogP contribution >= 0.6 is 0 Å². The highest BCUT2D eigenvalue weighted by Crippen LogP contribution is 2.18. The summed E-state index contributed by atoms with van der Waals surface area (Å²) in [4.78, 5) is 11.6. The van der Waals surface area contributed by atoms with Gasteiger partial charge in [0.15, 0.2) is 6.29 Å². The Morgan fingerprint density at radius 2 is 1.80 bits per heavy atom. The Labute approximate surface area is 91.9 Å². The summed E-state index contributed by atoms with van der Waals surface area (Å²) in [6.45, 7) is 4.27. The molecule has 0 aliphatic carbocycles. The lowest BCUT2D eigenvalue weighted by molar-refractivity contribution is -0.177. The molecule has 0 fully saturated rings. The molecule has 90 valence electrons. The predicted octanol–water partition coefficient (Wildman–Crippen LogP) is 1.97. The van der Waals surface area contributed by atoms with Crippen molar-refractivity contribution in [3.05, 3.63) is 0 Å². The Morgan fingerprint density at radius 1 is 1.20 bits per heavy atom. The first-order valence-corrected chi connectivity index (χ1v) is 5.43. The molecule has 0 aliphatic rings. The lowest BCUT2D eigenvalue weighted by Gasteiger charge is -2.22. The van der Waals surface area contributed by atoms with Gasteiger partial charge in [0.1, 0.15) is 5.92 Å². The van der Waals surface area contributed by atoms with Crippen molar-refractivity contribution in [2.45, 2.75) is 39.4 Å². The lowest BCUT2D eigenvalue weighted by atomic mass is 10.0. The van der Waals surface area contributed by atoms with Gasteiger partial charge in [-0.3, -0.25) is 4.79 Å². The summed E-state index contributed by atoms with van der Waals surface area (Å²) in [6, 6.07) is 0. The number of methoxy groups -OCH3 is 2. The van der Waals surface area contributed by atoms with Crippen LogP contribution in [0, 0.1) is 5.92 Å². The van der Waals surface area contributed by atoms with E-state index >= 15 is 0 Å². The number of carbonyl (C=O) groups is 1. The molecule has 1 atom stereocenters. The smallest absolute Gasteiger partial charge is 0.314 e. The van der Waals surface area contributed by atoms with E-state index in [1.807, 2.05) is 0 Å². The van der Waals surface area contributed by atoms with Gasteiger partial charge >= 0.3 is 5.97 Å². The maximum Gasteiger partial charge on any atom is 0.314 e. The van der Waals surface area contributed by atoms with Crippen molar-refractivity contribution in [2.75, 3.05) is 20.8 Å². The van der Waals surface area contributed by atoms with Gasteiger partial charge in [-0.2, -0.15) is 0 Å². The Balaban J connectivity index is 4.33. The molecule has 0 aromatic carbocycles. The van der Waals surface area contributed by atoms with Crippen LogP contribution < -0.4 is 0 Å². The molecule has 0 saturated heterocycles. The predicted molar refractivity (Wildman–Crippen MR) is 57.5 cm³/mol. The third-order valence-corrected chi connectivity index (χ3v) is 2.25. The molecule has 0 aromatic rings. The van der Waals surface area contributed by atoms with Crippen LogP contribution in [0.25, 0.3) is 0 Å². The zero-order chi connectivity index (χ0) is 11.7. The number of unbranched alkanes of at least 4 members (excludes halogenated alkanes) is 1. The molecule has 4 nitrogen and oxygen atoms in total. The van der Waals surface area contributed by atoms with Crippen molar-refractivity contribution in [1.82, 2.24) is 0 Å². The van der Waals surface area contributed by atoms with E-state index < -0.39 is 6.29 Å². The van der Waals surface area contributed by atoms with Gasteiger partial charge in [-0.25, -0.2) is 0 Å². The quantitative estimate of drug-likeness (QED) is 0.461. The Hall–Kier alpha value is -0.610. The number of hydrogen-bond acceptors (Lipinski definition) is 4. The minimum Gasteiger partial charge on any atom is -0.466 e. The molecule has 0 bridgehead atoms. The van der Waals surface area contributed by atoms with E-state index in [1.165, 1.54) is 14.2 Å². The first-order chi connectivity index (χ1) is 7.21. The molecule has 15 heavy (non-hydrogen) atoms. The highest BCUT2D eigenvalue weighted by atomic mass is 16.7. The largest absolute Gasteiger partial charge is 0.466 e. The zero-order valence-corrected chi connectivity index (χ0v) is 10.1. The van der Waals surface area contributed by atoms with Gasteiger partial charge < -0.3 is 14.2 Å². The molecule has 0 aliphatic heterocycles. The fourth-order valence-electron chi connectivity index (χ4n) is 1.46. The maximum absolute atomic E-state index is 11.6. The van der Waals surface area contributed by atoms with Crippen LogP contribution in [0.1, 0.15) is 33.1 Å². The van der Waals surface area contributed by atoms with Crippen molar-refractivity contribution in [3.8, 4) is 0 Å². The summed E-state index contributed by atoms with van der Waals surface area (Å²) in [7, 11) is 3.07. The van der Waals surface area contributed by atoms with Crippen LogP contribution in [-0.4, -0.2) is 33.1 Å². The van der Waals surface area contributed by atoms with E-state index in [0.29, 0.717) is 6.61 Å². The summed E-state index contributed by atoms with van der Waals surface area (Å²) in [5.41, 5.74) is 0. The van der Waals surface area contributed by atoms with E-state index in [9.17, 15) is 4.79 Å². The van der Waals surface area contributed by atoms with E-state index in [0.717, 1.165) is 19.3 Å². The van der Waals surface area contributed by atoms with Crippen molar-refractivity contribution in [2.24, 2.45) is 5.92 Å². The maximum atomic E-state index is 11.6. The molecule has 0 rings (SSSR count). The number of hydrogen-bond donors (Lipinski definition) is 0. The van der Waals surface area contributed by atoms with E-state index in [2.05, 4.69) is 6.92 Å². The fraction of sp³-hybridized carbons (Fsp3) is 0.909. The van der Waals surface area contributed by atoms with Gasteiger partial charge in [-0.05, 0) is 13.3 Å². The van der Waals surface area contributed by atoms with Gasteiger partial charge in [-0.15, -0.1) is 0 Å². The highest BCUT2D eigenvalue weighted by molar-refractivity contribution is 5.72. The van der Waals surface area contributed by atoms with Crippen molar-refractivity contribution < 1.29 is 19.0 Å². The SMILES string of the molecule is CCCCC(C(=O)OCC)C(OC)OC. The monoisotopic (exact) mass is 218 g/mol. The lowest BCUT2D eigenvalue weighted by Crippen LogP contribution is -2.32. The molecule has 1 unspecified atom stereocenters. The Kier molecular flexibility index (Phi) is 8.33. The Bertz CT molecular complexity index is 166. The average molecular weight is 218 g/mol. The fourth-order valence-corrected chi connectivity index (χ4v) is 1.46. The van der Waals surface area contributed by atoms with Crippen molar-refractivity contribution in [3.63, 3.8) is 0 Å². The molecular formula is C11H22O4. The normalized spacial score (nSPS) is 12.9. The van der Waals surface area contributed by atoms with Crippen LogP contribution in [0.4, 0.5) is 0 Å². The van der Waals surface area contributed by atoms with Crippen molar-refractivity contribution >= 4 is 5.97 Å². The molecule has 0 N–H and O–H groups in total. The molecule has 0 aromatic heterocycles. The standard InChI is InChI=1S/C11H22O4/c1-5-7-8-9(10(12)15-6-2)11(13-3)14-4/h9,11H,5-8H2,1-4H3. The minimum atomic E-state index is -0.504. The number of rotatable bonds is 8. The second kappa shape index (κ2) is 8.68. The van der Waals surface area contributed by atoms with E-state index in [1.54, 1.807) is 6.92 Å². The van der Waals surface area contributed by atoms with Gasteiger partial charge in [-0.1, -0.05) is 19.8 Å². The van der Waals surface area contributed by atoms with Gasteiger partial charge in [0, 0.05) is 14.2 Å². The molecule has 0 amide bonds. The summed E-state index contributed by atoms with van der Waals surface area (Å²) < 4.78 is 15.2. The number of ether oxygens (including phenoxy) is 3. The first-order valence-electron chi connectivity index (χ1n) is 5.43.